The van der Waals surface area contributed by atoms with Gasteiger partial charge in [0.1, 0.15) is 5.54 Å². The summed E-state index contributed by atoms with van der Waals surface area (Å²) in [5, 5.41) is 9.72. The van der Waals surface area contributed by atoms with Gasteiger partial charge in [-0.2, -0.15) is 0 Å². The molecule has 1 saturated carbocycles. The number of alkyl halides is 1. The molecule has 1 aromatic carbocycles. The zero-order chi connectivity index (χ0) is 28.7. The number of hydrogen-bond donors (Lipinski definition) is 1. The van der Waals surface area contributed by atoms with Gasteiger partial charge in [0.2, 0.25) is 0 Å². The minimum Gasteiger partial charge on any atom is -0.481 e. The van der Waals surface area contributed by atoms with E-state index in [2.05, 4.69) is 11.5 Å². The quantitative estimate of drug-likeness (QED) is 0.185. The smallest absolute Gasteiger partial charge is 0.327 e. The van der Waals surface area contributed by atoms with Gasteiger partial charge in [0.05, 0.1) is 6.42 Å². The molecule has 1 aromatic rings. The zero-order valence-electron chi connectivity index (χ0n) is 23.0. The molecule has 1 N–H and O–H groups in total. The van der Waals surface area contributed by atoms with Crippen LogP contribution < -0.4 is 4.90 Å². The first-order chi connectivity index (χ1) is 19.3. The van der Waals surface area contributed by atoms with E-state index in [9.17, 15) is 19.5 Å². The summed E-state index contributed by atoms with van der Waals surface area (Å²) in [6.07, 6.45) is 12.3. The molecule has 2 saturated heterocycles. The molecule has 216 valence electrons. The van der Waals surface area contributed by atoms with Crippen LogP contribution in [0.2, 0.25) is 0 Å². The number of benzene rings is 1. The predicted octanol–water partition coefficient (Wildman–Crippen LogP) is 6.36. The standard InChI is InChI=1S/C31H39Cl2N3O4/c1-2-7-25(27(33)12-16-32)13-17-36-30(40)35(22-23-8-4-3-5-9-23)29(39)31(36)14-18-34(19-15-31)26-11-6-10-24(20-26)21-28(37)38/h2,6-7,10-12,20,23H,1,3-5,8-9,13-19,21-22H2,(H,37,38)/b25-7-,27-12+. The van der Waals surface area contributed by atoms with Crippen LogP contribution >= 0.6 is 23.2 Å². The third-order valence-corrected chi connectivity index (χ3v) is 9.05. The van der Waals surface area contributed by atoms with Crippen molar-refractivity contribution in [2.24, 2.45) is 5.92 Å². The zero-order valence-corrected chi connectivity index (χ0v) is 24.5. The molecular weight excluding hydrogens is 549 g/mol. The highest BCUT2D eigenvalue weighted by molar-refractivity contribution is 6.32. The molecule has 7 nitrogen and oxygen atoms in total. The Kier molecular flexibility index (Phi) is 10.4. The lowest BCUT2D eigenvalue weighted by molar-refractivity contribution is -0.136. The van der Waals surface area contributed by atoms with Gasteiger partial charge >= 0.3 is 12.0 Å². The molecule has 0 radical (unpaired) electrons. The number of imide groups is 1. The Balaban J connectivity index is 1.56. The molecular formula is C31H39Cl2N3O4. The van der Waals surface area contributed by atoms with E-state index < -0.39 is 11.5 Å². The summed E-state index contributed by atoms with van der Waals surface area (Å²) < 4.78 is 0. The Morgan fingerprint density at radius 3 is 2.52 bits per heavy atom. The number of carbonyl (C=O) groups excluding carboxylic acids is 2. The Hall–Kier alpha value is -2.77. The molecule has 9 heteroatoms. The largest absolute Gasteiger partial charge is 0.481 e. The van der Waals surface area contributed by atoms with Crippen molar-refractivity contribution in [2.75, 3.05) is 37.0 Å². The van der Waals surface area contributed by atoms with Crippen molar-refractivity contribution in [3.8, 4) is 0 Å². The number of piperidine rings is 1. The first kappa shape index (κ1) is 30.2. The van der Waals surface area contributed by atoms with E-state index in [4.69, 9.17) is 23.2 Å². The number of anilines is 1. The maximum absolute atomic E-state index is 14.1. The van der Waals surface area contributed by atoms with Crippen LogP contribution in [-0.2, 0) is 16.0 Å². The minimum absolute atomic E-state index is 0.0379. The van der Waals surface area contributed by atoms with Crippen molar-refractivity contribution in [1.29, 1.82) is 0 Å². The Morgan fingerprint density at radius 2 is 1.88 bits per heavy atom. The van der Waals surface area contributed by atoms with E-state index in [1.165, 1.54) is 11.3 Å². The highest BCUT2D eigenvalue weighted by Gasteiger charge is 2.58. The summed E-state index contributed by atoms with van der Waals surface area (Å²) in [6, 6.07) is 7.34. The van der Waals surface area contributed by atoms with Gasteiger partial charge in [0, 0.05) is 42.8 Å². The van der Waals surface area contributed by atoms with Crippen LogP contribution in [0.25, 0.3) is 0 Å². The lowest BCUT2D eigenvalue weighted by Gasteiger charge is -2.43. The monoisotopic (exact) mass is 587 g/mol. The van der Waals surface area contributed by atoms with Gasteiger partial charge in [-0.05, 0) is 61.3 Å². The van der Waals surface area contributed by atoms with Gasteiger partial charge in [-0.3, -0.25) is 14.5 Å². The van der Waals surface area contributed by atoms with Crippen LogP contribution in [0.15, 0.2) is 59.7 Å². The topological polar surface area (TPSA) is 81.2 Å². The minimum atomic E-state index is -0.900. The molecule has 0 atom stereocenters. The third-order valence-electron chi connectivity index (χ3n) is 8.50. The van der Waals surface area contributed by atoms with E-state index >= 15 is 0 Å². The summed E-state index contributed by atoms with van der Waals surface area (Å²) in [5.74, 6) is -0.326. The van der Waals surface area contributed by atoms with Crippen molar-refractivity contribution in [2.45, 2.75) is 63.3 Å². The van der Waals surface area contributed by atoms with Gasteiger partial charge in [0.25, 0.3) is 5.91 Å². The van der Waals surface area contributed by atoms with Gasteiger partial charge in [-0.15, -0.1) is 11.6 Å². The molecule has 0 bridgehead atoms. The van der Waals surface area contributed by atoms with Gasteiger partial charge < -0.3 is 14.9 Å². The normalized spacial score (nSPS) is 20.5. The van der Waals surface area contributed by atoms with Crippen LogP contribution in [0.1, 0.15) is 56.9 Å². The number of urea groups is 1. The van der Waals surface area contributed by atoms with E-state index in [0.29, 0.717) is 56.4 Å². The Bertz CT molecular complexity index is 1170. The van der Waals surface area contributed by atoms with E-state index in [-0.39, 0.29) is 24.2 Å². The number of hydrogen-bond acceptors (Lipinski definition) is 4. The maximum Gasteiger partial charge on any atom is 0.327 e. The molecule has 1 aliphatic carbocycles. The number of allylic oxidation sites excluding steroid dienone is 4. The highest BCUT2D eigenvalue weighted by atomic mass is 35.5. The molecule has 2 aliphatic heterocycles. The number of carboxylic acids is 1. The van der Waals surface area contributed by atoms with Crippen LogP contribution in [0.5, 0.6) is 0 Å². The highest BCUT2D eigenvalue weighted by Crippen LogP contribution is 2.40. The first-order valence-corrected chi connectivity index (χ1v) is 15.1. The molecule has 2 heterocycles. The SMILES string of the molecule is C=C/C=C(CCN1C(=O)N(CC2CCCCC2)C(=O)C12CCN(c1cccc(CC(=O)O)c1)CC2)\C(Cl)=C/CCl. The molecule has 3 fully saturated rings. The van der Waals surface area contributed by atoms with E-state index in [0.717, 1.165) is 42.5 Å². The lowest BCUT2D eigenvalue weighted by Crippen LogP contribution is -2.57. The second-order valence-corrected chi connectivity index (χ2v) is 11.7. The molecule has 3 aliphatic rings. The number of carbonyl (C=O) groups is 3. The van der Waals surface area contributed by atoms with Crippen LogP contribution in [0.4, 0.5) is 10.5 Å². The number of aliphatic carboxylic acids is 1. The summed E-state index contributed by atoms with van der Waals surface area (Å²) in [4.78, 5) is 44.7. The molecule has 0 aromatic heterocycles. The molecule has 4 rings (SSSR count). The maximum atomic E-state index is 14.1. The van der Waals surface area contributed by atoms with Crippen LogP contribution in [-0.4, -0.2) is 70.4 Å². The second-order valence-electron chi connectivity index (χ2n) is 11.0. The second kappa shape index (κ2) is 13.7. The summed E-state index contributed by atoms with van der Waals surface area (Å²) in [7, 11) is 0. The van der Waals surface area contributed by atoms with Crippen molar-refractivity contribution < 1.29 is 19.5 Å². The fourth-order valence-corrected chi connectivity index (χ4v) is 6.86. The summed E-state index contributed by atoms with van der Waals surface area (Å²) in [5.41, 5.74) is 1.60. The number of carboxylic acid groups (broad SMARTS) is 1. The summed E-state index contributed by atoms with van der Waals surface area (Å²) in [6.45, 7) is 5.82. The van der Waals surface area contributed by atoms with E-state index in [1.807, 2.05) is 30.3 Å². The van der Waals surface area contributed by atoms with E-state index in [1.54, 1.807) is 17.1 Å². The van der Waals surface area contributed by atoms with Crippen LogP contribution in [0.3, 0.4) is 0 Å². The lowest BCUT2D eigenvalue weighted by atomic mass is 9.84. The molecule has 1 spiro atoms. The van der Waals surface area contributed by atoms with Crippen molar-refractivity contribution >= 4 is 46.8 Å². The van der Waals surface area contributed by atoms with Gasteiger partial charge in [-0.25, -0.2) is 4.79 Å². The number of amides is 3. The predicted molar refractivity (Wildman–Crippen MR) is 160 cm³/mol. The number of nitrogens with zero attached hydrogens (tertiary/aromatic N) is 3. The molecule has 40 heavy (non-hydrogen) atoms. The average Bonchev–Trinajstić information content (AvgIpc) is 3.12. The Morgan fingerprint density at radius 1 is 1.15 bits per heavy atom. The fraction of sp³-hybridized carbons (Fsp3) is 0.516. The molecule has 3 amide bonds. The fourth-order valence-electron chi connectivity index (χ4n) is 6.39. The molecule has 0 unspecified atom stereocenters. The summed E-state index contributed by atoms with van der Waals surface area (Å²) >= 11 is 12.4. The van der Waals surface area contributed by atoms with Crippen molar-refractivity contribution in [3.05, 3.63) is 65.2 Å². The van der Waals surface area contributed by atoms with Crippen molar-refractivity contribution in [1.82, 2.24) is 9.80 Å². The van der Waals surface area contributed by atoms with Crippen LogP contribution in [0, 0.1) is 5.92 Å². The third kappa shape index (κ3) is 6.74. The van der Waals surface area contributed by atoms with Gasteiger partial charge in [-0.1, -0.05) is 67.8 Å². The number of rotatable bonds is 11. The van der Waals surface area contributed by atoms with Gasteiger partial charge in [0.15, 0.2) is 0 Å². The first-order valence-electron chi connectivity index (χ1n) is 14.2. The average molecular weight is 589 g/mol. The van der Waals surface area contributed by atoms with Crippen molar-refractivity contribution in [3.63, 3.8) is 0 Å². The Labute approximate surface area is 247 Å². The number of halogens is 2.